The van der Waals surface area contributed by atoms with Crippen LogP contribution < -0.4 is 5.32 Å². The standard InChI is InChI=1S/C23H30BrF2N5O3SSi/c1-15-11-31(30-29-15)13-22-10-19(22)23(12-25,17-9-16(24)5-6-18(17)26)28-21(35-22)34-20(32)27-14-33-7-8-36(2,3)4/h5-6,9,11,19H,7-8,10,12-14H2,1-4H3,(H,27,32)/t19-,22-,23-/m1/s1. The molecule has 1 aliphatic heterocycles. The van der Waals surface area contributed by atoms with Crippen LogP contribution in [0.3, 0.4) is 0 Å². The summed E-state index contributed by atoms with van der Waals surface area (Å²) in [4.78, 5) is 17.0. The SMILES string of the molecule is Cc1cn(C[C@]23C[C@H]2[C@@](CF)(c2cc(Br)ccc2F)N=C(OC(=O)NCOCC[Si](C)(C)C)S3)nn1. The van der Waals surface area contributed by atoms with Crippen molar-refractivity contribution in [2.45, 2.75) is 55.9 Å². The van der Waals surface area contributed by atoms with Gasteiger partial charge >= 0.3 is 6.09 Å². The van der Waals surface area contributed by atoms with Crippen LogP contribution in [0.1, 0.15) is 17.7 Å². The van der Waals surface area contributed by atoms with Gasteiger partial charge in [0.2, 0.25) is 0 Å². The van der Waals surface area contributed by atoms with E-state index in [4.69, 9.17) is 9.47 Å². The lowest BCUT2D eigenvalue weighted by Crippen LogP contribution is -2.41. The van der Waals surface area contributed by atoms with E-state index in [1.54, 1.807) is 23.0 Å². The van der Waals surface area contributed by atoms with Crippen LogP contribution in [0.2, 0.25) is 25.7 Å². The number of hydrogen-bond acceptors (Lipinski definition) is 7. The monoisotopic (exact) mass is 601 g/mol. The van der Waals surface area contributed by atoms with Crippen LogP contribution in [0.5, 0.6) is 0 Å². The Kier molecular flexibility index (Phi) is 7.94. The van der Waals surface area contributed by atoms with E-state index in [9.17, 15) is 9.18 Å². The lowest BCUT2D eigenvalue weighted by Gasteiger charge is -2.35. The Hall–Kier alpha value is -1.83. The number of amides is 1. The summed E-state index contributed by atoms with van der Waals surface area (Å²) in [5.74, 6) is -0.892. The van der Waals surface area contributed by atoms with E-state index in [0.717, 1.165) is 11.7 Å². The summed E-state index contributed by atoms with van der Waals surface area (Å²) in [6, 6.07) is 5.34. The second-order valence-electron chi connectivity index (χ2n) is 10.5. The highest BCUT2D eigenvalue weighted by Crippen LogP contribution is 2.67. The Balaban J connectivity index is 1.55. The van der Waals surface area contributed by atoms with Crippen molar-refractivity contribution >= 4 is 47.1 Å². The molecule has 1 aromatic carbocycles. The van der Waals surface area contributed by atoms with E-state index in [1.165, 1.54) is 17.8 Å². The molecule has 13 heteroatoms. The molecule has 1 saturated carbocycles. The number of benzene rings is 1. The zero-order chi connectivity index (χ0) is 26.1. The van der Waals surface area contributed by atoms with Crippen molar-refractivity contribution in [3.63, 3.8) is 0 Å². The van der Waals surface area contributed by atoms with Gasteiger partial charge in [-0.2, -0.15) is 0 Å². The minimum Gasteiger partial charge on any atom is -0.385 e. The van der Waals surface area contributed by atoms with Gasteiger partial charge in [0.25, 0.3) is 5.23 Å². The number of nitrogens with one attached hydrogen (secondary N) is 1. The van der Waals surface area contributed by atoms with Crippen LogP contribution in [-0.4, -0.2) is 59.2 Å². The number of fused-ring (bicyclic) bond motifs is 1. The van der Waals surface area contributed by atoms with Gasteiger partial charge in [0.15, 0.2) is 0 Å². The highest BCUT2D eigenvalue weighted by molar-refractivity contribution is 9.10. The quantitative estimate of drug-likeness (QED) is 0.240. The smallest absolute Gasteiger partial charge is 0.385 e. The minimum absolute atomic E-state index is 0.0121. The first-order valence-electron chi connectivity index (χ1n) is 11.7. The molecule has 2 heterocycles. The lowest BCUT2D eigenvalue weighted by atomic mass is 9.85. The summed E-state index contributed by atoms with van der Waals surface area (Å²) in [7, 11) is -1.25. The molecule has 196 valence electrons. The number of ether oxygens (including phenoxy) is 2. The maximum Gasteiger partial charge on any atom is 0.416 e. The van der Waals surface area contributed by atoms with Crippen LogP contribution in [0.4, 0.5) is 13.6 Å². The number of aryl methyl sites for hydroxylation is 1. The van der Waals surface area contributed by atoms with E-state index in [0.29, 0.717) is 24.0 Å². The van der Waals surface area contributed by atoms with Crippen molar-refractivity contribution in [2.75, 3.05) is 20.0 Å². The van der Waals surface area contributed by atoms with Crippen LogP contribution in [0, 0.1) is 18.7 Å². The molecular weight excluding hydrogens is 572 g/mol. The fraction of sp³-hybridized carbons (Fsp3) is 0.565. The number of nitrogens with zero attached hydrogens (tertiary/aromatic N) is 4. The molecule has 0 saturated heterocycles. The third kappa shape index (κ3) is 6.00. The van der Waals surface area contributed by atoms with Crippen molar-refractivity contribution in [3.05, 3.63) is 45.9 Å². The number of aromatic nitrogens is 3. The van der Waals surface area contributed by atoms with E-state index >= 15 is 4.39 Å². The second-order valence-corrected chi connectivity index (χ2v) is 18.4. The number of carbonyl (C=O) groups excluding carboxylic acids is 1. The molecule has 0 spiro atoms. The van der Waals surface area contributed by atoms with Crippen molar-refractivity contribution < 1.29 is 23.0 Å². The van der Waals surface area contributed by atoms with E-state index in [-0.39, 0.29) is 23.4 Å². The number of thioether (sulfide) groups is 1. The average Bonchev–Trinajstić information content (AvgIpc) is 3.37. The van der Waals surface area contributed by atoms with Crippen LogP contribution in [0.25, 0.3) is 0 Å². The molecule has 1 fully saturated rings. The first kappa shape index (κ1) is 27.2. The average molecular weight is 603 g/mol. The Morgan fingerprint density at radius 2 is 2.17 bits per heavy atom. The molecule has 8 nitrogen and oxygen atoms in total. The molecule has 1 amide bonds. The van der Waals surface area contributed by atoms with Crippen LogP contribution in [0.15, 0.2) is 33.9 Å². The van der Waals surface area contributed by atoms with E-state index in [2.05, 4.69) is 56.2 Å². The van der Waals surface area contributed by atoms with Gasteiger partial charge in [-0.3, -0.25) is 10.00 Å². The topological polar surface area (TPSA) is 90.6 Å². The Morgan fingerprint density at radius 1 is 1.39 bits per heavy atom. The number of halogens is 3. The third-order valence-electron chi connectivity index (χ3n) is 6.36. The van der Waals surface area contributed by atoms with Crippen molar-refractivity contribution in [3.8, 4) is 0 Å². The minimum atomic E-state index is -1.53. The van der Waals surface area contributed by atoms with Crippen molar-refractivity contribution in [1.29, 1.82) is 0 Å². The summed E-state index contributed by atoms with van der Waals surface area (Å²) in [6.07, 6.45) is 1.57. The summed E-state index contributed by atoms with van der Waals surface area (Å²) < 4.78 is 42.6. The highest BCUT2D eigenvalue weighted by Gasteiger charge is 2.69. The molecule has 1 aliphatic carbocycles. The molecule has 1 aromatic heterocycles. The fourth-order valence-corrected chi connectivity index (χ4v) is 6.96. The fourth-order valence-electron chi connectivity index (χ4n) is 4.39. The first-order chi connectivity index (χ1) is 17.0. The van der Waals surface area contributed by atoms with Crippen molar-refractivity contribution in [1.82, 2.24) is 20.3 Å². The Bertz CT molecular complexity index is 1160. The third-order valence-corrected chi connectivity index (χ3v) is 9.89. The van der Waals surface area contributed by atoms with Gasteiger partial charge in [-0.25, -0.2) is 18.6 Å². The zero-order valence-corrected chi connectivity index (χ0v) is 24.1. The molecule has 4 rings (SSSR count). The second kappa shape index (κ2) is 10.5. The first-order valence-corrected chi connectivity index (χ1v) is 17.0. The molecule has 1 N–H and O–H groups in total. The molecule has 0 bridgehead atoms. The van der Waals surface area contributed by atoms with Gasteiger partial charge in [-0.05, 0) is 37.6 Å². The normalized spacial score (nSPS) is 25.2. The van der Waals surface area contributed by atoms with E-state index < -0.39 is 36.9 Å². The van der Waals surface area contributed by atoms with Gasteiger partial charge < -0.3 is 9.47 Å². The summed E-state index contributed by atoms with van der Waals surface area (Å²) in [5, 5.41) is 10.7. The summed E-state index contributed by atoms with van der Waals surface area (Å²) in [5.41, 5.74) is -0.659. The molecule has 0 radical (unpaired) electrons. The molecule has 3 atom stereocenters. The van der Waals surface area contributed by atoms with Gasteiger partial charge in [-0.1, -0.05) is 52.5 Å². The van der Waals surface area contributed by atoms with Gasteiger partial charge in [0.05, 0.1) is 17.0 Å². The van der Waals surface area contributed by atoms with Crippen LogP contribution >= 0.6 is 27.7 Å². The molecule has 2 aromatic rings. The number of rotatable bonds is 9. The Morgan fingerprint density at radius 3 is 2.83 bits per heavy atom. The van der Waals surface area contributed by atoms with Gasteiger partial charge in [0.1, 0.15) is 24.8 Å². The Labute approximate surface area is 222 Å². The van der Waals surface area contributed by atoms with Crippen molar-refractivity contribution in [2.24, 2.45) is 10.9 Å². The van der Waals surface area contributed by atoms with Crippen LogP contribution in [-0.2, 0) is 21.6 Å². The van der Waals surface area contributed by atoms with Gasteiger partial charge in [0, 0.05) is 36.8 Å². The largest absolute Gasteiger partial charge is 0.416 e. The number of hydrogen-bond donors (Lipinski definition) is 1. The molecule has 36 heavy (non-hydrogen) atoms. The molecular formula is C23H30BrF2N5O3SSi. The van der Waals surface area contributed by atoms with Gasteiger partial charge in [-0.15, -0.1) is 5.10 Å². The molecule has 0 unspecified atom stereocenters. The number of aliphatic imine (C=N–C) groups is 1. The zero-order valence-electron chi connectivity index (χ0n) is 20.7. The van der Waals surface area contributed by atoms with E-state index in [1.807, 2.05) is 6.92 Å². The highest BCUT2D eigenvalue weighted by atomic mass is 79.9. The maximum atomic E-state index is 15.0. The summed E-state index contributed by atoms with van der Waals surface area (Å²) in [6.45, 7) is 8.52. The molecule has 2 aliphatic rings. The predicted octanol–water partition coefficient (Wildman–Crippen LogP) is 5.25. The maximum absolute atomic E-state index is 15.0. The number of carbonyl (C=O) groups is 1. The number of alkyl carbamates (subject to hydrolysis) is 1. The lowest BCUT2D eigenvalue weighted by molar-refractivity contribution is 0.120. The predicted molar refractivity (Wildman–Crippen MR) is 141 cm³/mol. The summed E-state index contributed by atoms with van der Waals surface area (Å²) >= 11 is 4.61. The number of alkyl halides is 1.